The van der Waals surface area contributed by atoms with Crippen molar-refractivity contribution in [3.63, 3.8) is 0 Å². The lowest BCUT2D eigenvalue weighted by molar-refractivity contribution is 0.102. The number of hydrogen-bond donors (Lipinski definition) is 0. The zero-order chi connectivity index (χ0) is 14.5. The van der Waals surface area contributed by atoms with Gasteiger partial charge in [0, 0.05) is 7.11 Å². The summed E-state index contributed by atoms with van der Waals surface area (Å²) in [6, 6.07) is 0. The van der Waals surface area contributed by atoms with Crippen LogP contribution in [0.3, 0.4) is 0 Å². The second kappa shape index (κ2) is 6.92. The number of hydrogen-bond acceptors (Lipinski definition) is 6. The molecule has 0 unspecified atom stereocenters. The van der Waals surface area contributed by atoms with Crippen LogP contribution in [0, 0.1) is 0 Å². The molecule has 2 aromatic heterocycles. The Morgan fingerprint density at radius 2 is 2.35 bits per heavy atom. The highest BCUT2D eigenvalue weighted by atomic mass is 35.5. The summed E-state index contributed by atoms with van der Waals surface area (Å²) >= 11 is 7.18. The Morgan fingerprint density at radius 1 is 1.55 bits per heavy atom. The normalized spacial score (nSPS) is 10.9. The van der Waals surface area contributed by atoms with Crippen LogP contribution in [0.5, 0.6) is 0 Å². The van der Waals surface area contributed by atoms with Crippen LogP contribution < -0.4 is 0 Å². The van der Waals surface area contributed by atoms with Crippen LogP contribution in [0.2, 0.25) is 5.02 Å². The maximum Gasteiger partial charge on any atom is 0.226 e. The zero-order valence-corrected chi connectivity index (χ0v) is 12.9. The first kappa shape index (κ1) is 15.1. The standard InChI is InChI=1S/C12H15ClN4O2S/c1-3-4-9-12(20-16-15-9)11(18)10-8(13)7-14-17(10)5-6-19-2/h7H,3-6H2,1-2H3. The molecular formula is C12H15ClN4O2S. The minimum Gasteiger partial charge on any atom is -0.383 e. The van der Waals surface area contributed by atoms with E-state index in [9.17, 15) is 4.79 Å². The Balaban J connectivity index is 2.32. The molecule has 0 radical (unpaired) electrons. The van der Waals surface area contributed by atoms with Crippen LogP contribution in [-0.4, -0.2) is 38.9 Å². The highest BCUT2D eigenvalue weighted by Crippen LogP contribution is 2.23. The molecule has 0 aliphatic rings. The molecule has 0 N–H and O–H groups in total. The number of aryl methyl sites for hydroxylation is 1. The minimum absolute atomic E-state index is 0.179. The molecule has 0 aliphatic carbocycles. The summed E-state index contributed by atoms with van der Waals surface area (Å²) in [5.41, 5.74) is 1.09. The highest BCUT2D eigenvalue weighted by Gasteiger charge is 2.24. The molecule has 2 heterocycles. The molecule has 8 heteroatoms. The van der Waals surface area contributed by atoms with Gasteiger partial charge in [-0.05, 0) is 18.0 Å². The molecule has 20 heavy (non-hydrogen) atoms. The number of carbonyl (C=O) groups is 1. The zero-order valence-electron chi connectivity index (χ0n) is 11.3. The van der Waals surface area contributed by atoms with Crippen molar-refractivity contribution in [3.8, 4) is 0 Å². The van der Waals surface area contributed by atoms with Gasteiger partial charge in [0.05, 0.1) is 30.1 Å². The summed E-state index contributed by atoms with van der Waals surface area (Å²) in [5.74, 6) is -0.179. The predicted octanol–water partition coefficient (Wildman–Crippen LogP) is 2.22. The molecule has 0 atom stereocenters. The van der Waals surface area contributed by atoms with E-state index < -0.39 is 0 Å². The second-order valence-electron chi connectivity index (χ2n) is 4.18. The predicted molar refractivity (Wildman–Crippen MR) is 76.4 cm³/mol. The maximum atomic E-state index is 12.6. The number of halogens is 1. The lowest BCUT2D eigenvalue weighted by Gasteiger charge is -2.06. The molecule has 0 aromatic carbocycles. The first-order chi connectivity index (χ1) is 9.69. The van der Waals surface area contributed by atoms with E-state index in [0.29, 0.717) is 28.7 Å². The number of methoxy groups -OCH3 is 1. The van der Waals surface area contributed by atoms with Gasteiger partial charge >= 0.3 is 0 Å². The van der Waals surface area contributed by atoms with Crippen molar-refractivity contribution in [2.24, 2.45) is 0 Å². The molecule has 0 bridgehead atoms. The third-order valence-electron chi connectivity index (χ3n) is 2.77. The van der Waals surface area contributed by atoms with Gasteiger partial charge in [0.25, 0.3) is 0 Å². The molecule has 108 valence electrons. The number of ether oxygens (including phenoxy) is 1. The van der Waals surface area contributed by atoms with Crippen LogP contribution in [0.25, 0.3) is 0 Å². The maximum absolute atomic E-state index is 12.6. The van der Waals surface area contributed by atoms with Crippen molar-refractivity contribution >= 4 is 28.9 Å². The van der Waals surface area contributed by atoms with E-state index >= 15 is 0 Å². The third kappa shape index (κ3) is 3.05. The molecule has 2 aromatic rings. The Morgan fingerprint density at radius 3 is 3.05 bits per heavy atom. The molecule has 0 amide bonds. The summed E-state index contributed by atoms with van der Waals surface area (Å²) in [7, 11) is 1.60. The fraction of sp³-hybridized carbons (Fsp3) is 0.500. The van der Waals surface area contributed by atoms with E-state index in [-0.39, 0.29) is 5.78 Å². The summed E-state index contributed by atoms with van der Waals surface area (Å²) in [6.07, 6.45) is 3.10. The number of ketones is 1. The lowest BCUT2D eigenvalue weighted by atomic mass is 10.1. The molecule has 0 saturated carbocycles. The van der Waals surface area contributed by atoms with E-state index in [1.807, 2.05) is 6.92 Å². The van der Waals surface area contributed by atoms with Gasteiger partial charge < -0.3 is 4.74 Å². The van der Waals surface area contributed by atoms with Gasteiger partial charge in [-0.1, -0.05) is 29.4 Å². The Bertz CT molecular complexity index is 596. The minimum atomic E-state index is -0.179. The molecule has 0 saturated heterocycles. The smallest absolute Gasteiger partial charge is 0.226 e. The van der Waals surface area contributed by atoms with Gasteiger partial charge in [-0.3, -0.25) is 9.48 Å². The van der Waals surface area contributed by atoms with Crippen LogP contribution >= 0.6 is 23.1 Å². The van der Waals surface area contributed by atoms with Crippen LogP contribution in [0.4, 0.5) is 0 Å². The van der Waals surface area contributed by atoms with Gasteiger partial charge in [0.15, 0.2) is 0 Å². The van der Waals surface area contributed by atoms with Crippen LogP contribution in [0.1, 0.15) is 34.4 Å². The van der Waals surface area contributed by atoms with Crippen molar-refractivity contribution in [1.82, 2.24) is 19.4 Å². The molecule has 0 aliphatic heterocycles. The van der Waals surface area contributed by atoms with Crippen molar-refractivity contribution in [2.45, 2.75) is 26.3 Å². The molecule has 0 fully saturated rings. The average Bonchev–Trinajstić information content (AvgIpc) is 3.03. The molecular weight excluding hydrogens is 300 g/mol. The first-order valence-corrected chi connectivity index (χ1v) is 7.40. The molecule has 0 spiro atoms. The van der Waals surface area contributed by atoms with Gasteiger partial charge in [0.1, 0.15) is 10.6 Å². The van der Waals surface area contributed by atoms with E-state index in [2.05, 4.69) is 14.7 Å². The Hall–Kier alpha value is -1.31. The van der Waals surface area contributed by atoms with E-state index in [1.165, 1.54) is 6.20 Å². The number of aromatic nitrogens is 4. The van der Waals surface area contributed by atoms with Gasteiger partial charge in [0.2, 0.25) is 5.78 Å². The Labute approximate surface area is 125 Å². The number of rotatable bonds is 7. The second-order valence-corrected chi connectivity index (χ2v) is 5.35. The fourth-order valence-corrected chi connectivity index (χ4v) is 2.70. The largest absolute Gasteiger partial charge is 0.383 e. The highest BCUT2D eigenvalue weighted by molar-refractivity contribution is 7.08. The molecule has 2 rings (SSSR count). The average molecular weight is 315 g/mol. The van der Waals surface area contributed by atoms with Crippen molar-refractivity contribution in [1.29, 1.82) is 0 Å². The summed E-state index contributed by atoms with van der Waals surface area (Å²) in [5, 5.41) is 8.45. The topological polar surface area (TPSA) is 69.9 Å². The van der Waals surface area contributed by atoms with Gasteiger partial charge in [-0.25, -0.2) is 0 Å². The Kier molecular flexibility index (Phi) is 5.22. The van der Waals surface area contributed by atoms with Crippen molar-refractivity contribution < 1.29 is 9.53 Å². The fourth-order valence-electron chi connectivity index (χ4n) is 1.82. The summed E-state index contributed by atoms with van der Waals surface area (Å²) in [6.45, 7) is 2.96. The van der Waals surface area contributed by atoms with Gasteiger partial charge in [-0.15, -0.1) is 5.10 Å². The lowest BCUT2D eigenvalue weighted by Crippen LogP contribution is -2.15. The van der Waals surface area contributed by atoms with Crippen molar-refractivity contribution in [2.75, 3.05) is 13.7 Å². The molecule has 6 nitrogen and oxygen atoms in total. The van der Waals surface area contributed by atoms with Crippen LogP contribution in [0.15, 0.2) is 6.20 Å². The van der Waals surface area contributed by atoms with Crippen molar-refractivity contribution in [3.05, 3.63) is 27.5 Å². The van der Waals surface area contributed by atoms with E-state index in [0.717, 1.165) is 30.1 Å². The third-order valence-corrected chi connectivity index (χ3v) is 3.81. The van der Waals surface area contributed by atoms with Crippen LogP contribution in [-0.2, 0) is 17.7 Å². The number of carbonyl (C=O) groups excluding carboxylic acids is 1. The quantitative estimate of drug-likeness (QED) is 0.733. The SMILES string of the molecule is CCCc1nnsc1C(=O)c1c(Cl)cnn1CCOC. The first-order valence-electron chi connectivity index (χ1n) is 6.25. The van der Waals surface area contributed by atoms with E-state index in [1.54, 1.807) is 11.8 Å². The summed E-state index contributed by atoms with van der Waals surface area (Å²) in [4.78, 5) is 13.1. The number of nitrogens with zero attached hydrogens (tertiary/aromatic N) is 4. The van der Waals surface area contributed by atoms with Gasteiger partial charge in [-0.2, -0.15) is 5.10 Å². The monoisotopic (exact) mass is 314 g/mol. The summed E-state index contributed by atoms with van der Waals surface area (Å²) < 4.78 is 10.4. The van der Waals surface area contributed by atoms with E-state index in [4.69, 9.17) is 16.3 Å².